The van der Waals surface area contributed by atoms with Crippen molar-refractivity contribution in [3.63, 3.8) is 0 Å². The number of carbonyl (C=O) groups is 3. The molecule has 1 aliphatic heterocycles. The average molecular weight is 446 g/mol. The number of hydrogen-bond acceptors (Lipinski definition) is 7. The second-order valence-electron chi connectivity index (χ2n) is 7.43. The van der Waals surface area contributed by atoms with Crippen LogP contribution in [0.1, 0.15) is 25.4 Å². The molecule has 3 rings (SSSR count). The Balaban J connectivity index is 1.82. The van der Waals surface area contributed by atoms with Crippen molar-refractivity contribution in [2.24, 2.45) is 5.92 Å². The summed E-state index contributed by atoms with van der Waals surface area (Å²) in [5.41, 5.74) is 0.478. The molecule has 31 heavy (non-hydrogen) atoms. The lowest BCUT2D eigenvalue weighted by Crippen LogP contribution is -2.55. The van der Waals surface area contributed by atoms with Crippen LogP contribution >= 0.6 is 0 Å². The number of rotatable bonds is 6. The number of hydrogen-bond donors (Lipinski definition) is 3. The Morgan fingerprint density at radius 3 is 2.55 bits per heavy atom. The molecule has 2 amide bonds. The Hall–Kier alpha value is -3.18. The van der Waals surface area contributed by atoms with Crippen LogP contribution in [0.4, 0.5) is 0 Å². The van der Waals surface area contributed by atoms with E-state index in [0.29, 0.717) is 11.5 Å². The lowest BCUT2D eigenvalue weighted by atomic mass is 10.0. The van der Waals surface area contributed by atoms with Crippen LogP contribution in [0.25, 0.3) is 0 Å². The number of sulfonamides is 1. The average Bonchev–Trinajstić information content (AvgIpc) is 2.78. The molecule has 1 aromatic heterocycles. The van der Waals surface area contributed by atoms with E-state index >= 15 is 0 Å². The summed E-state index contributed by atoms with van der Waals surface area (Å²) in [6.07, 6.45) is 1.48. The number of nitrogens with zero attached hydrogens (tertiary/aromatic N) is 2. The first kappa shape index (κ1) is 22.5. The van der Waals surface area contributed by atoms with E-state index in [1.165, 1.54) is 18.3 Å². The second-order valence-corrected chi connectivity index (χ2v) is 9.15. The minimum Gasteiger partial charge on any atom is -0.344 e. The van der Waals surface area contributed by atoms with Gasteiger partial charge in [0.1, 0.15) is 17.9 Å². The lowest BCUT2D eigenvalue weighted by Gasteiger charge is -2.24. The van der Waals surface area contributed by atoms with Crippen molar-refractivity contribution >= 4 is 27.6 Å². The summed E-state index contributed by atoms with van der Waals surface area (Å²) < 4.78 is 27.8. The fourth-order valence-corrected chi connectivity index (χ4v) is 4.42. The predicted octanol–water partition coefficient (Wildman–Crippen LogP) is -0.294. The number of ketones is 1. The van der Waals surface area contributed by atoms with Crippen LogP contribution in [-0.2, 0) is 37.4 Å². The molecule has 164 valence electrons. The Labute approximate surface area is 179 Å². The molecule has 0 aliphatic carbocycles. The summed E-state index contributed by atoms with van der Waals surface area (Å²) >= 11 is 0. The Kier molecular flexibility index (Phi) is 6.76. The molecule has 0 saturated heterocycles. The van der Waals surface area contributed by atoms with Gasteiger partial charge in [0.05, 0.1) is 11.4 Å². The van der Waals surface area contributed by atoms with Crippen LogP contribution in [0.5, 0.6) is 0 Å². The zero-order valence-electron chi connectivity index (χ0n) is 17.0. The maximum atomic E-state index is 13.0. The second kappa shape index (κ2) is 9.31. The Bertz CT molecular complexity index is 1090. The third-order valence-electron chi connectivity index (χ3n) is 4.72. The van der Waals surface area contributed by atoms with E-state index in [1.54, 1.807) is 38.1 Å². The van der Waals surface area contributed by atoms with E-state index < -0.39 is 45.6 Å². The number of carbonyl (C=O) groups excluding carboxylic acids is 3. The zero-order chi connectivity index (χ0) is 22.6. The highest BCUT2D eigenvalue weighted by molar-refractivity contribution is 7.89. The molecule has 2 atom stereocenters. The van der Waals surface area contributed by atoms with E-state index in [0.717, 1.165) is 0 Å². The standard InChI is InChI=1S/C20H23N5O5S/c1-12(2)17(25-31(29,30)14-6-4-3-5-7-14)19(27)24-15-10-13-8-9-21-16(23-13)11-22-20(28)18(15)26/h3-9,12,15,17,25H,10-11H2,1-2H3,(H,22,28)(H,24,27). The van der Waals surface area contributed by atoms with Crippen LogP contribution in [-0.4, -0.2) is 48.1 Å². The molecule has 2 heterocycles. The minimum atomic E-state index is -3.97. The van der Waals surface area contributed by atoms with Gasteiger partial charge in [-0.15, -0.1) is 0 Å². The highest BCUT2D eigenvalue weighted by Gasteiger charge is 2.34. The molecule has 10 nitrogen and oxygen atoms in total. The number of benzene rings is 1. The van der Waals surface area contributed by atoms with Gasteiger partial charge in [-0.1, -0.05) is 32.0 Å². The summed E-state index contributed by atoms with van der Waals surface area (Å²) in [7, 11) is -3.97. The molecule has 1 aromatic carbocycles. The van der Waals surface area contributed by atoms with E-state index in [9.17, 15) is 22.8 Å². The van der Waals surface area contributed by atoms with Crippen LogP contribution in [0.3, 0.4) is 0 Å². The first-order valence-corrected chi connectivity index (χ1v) is 11.2. The number of Topliss-reactive ketones (excluding diaryl/α,β-unsaturated/α-hetero) is 1. The third-order valence-corrected chi connectivity index (χ3v) is 6.18. The molecule has 0 saturated carbocycles. The monoisotopic (exact) mass is 445 g/mol. The van der Waals surface area contributed by atoms with Crippen LogP contribution in [0.15, 0.2) is 47.5 Å². The molecule has 0 spiro atoms. The van der Waals surface area contributed by atoms with Crippen molar-refractivity contribution in [2.75, 3.05) is 0 Å². The number of amides is 2. The summed E-state index contributed by atoms with van der Waals surface area (Å²) in [5, 5.41) is 4.94. The quantitative estimate of drug-likeness (QED) is 0.518. The molecule has 0 radical (unpaired) electrons. The molecule has 0 fully saturated rings. The molecule has 2 unspecified atom stereocenters. The van der Waals surface area contributed by atoms with Crippen molar-refractivity contribution in [3.8, 4) is 0 Å². The predicted molar refractivity (Wildman–Crippen MR) is 110 cm³/mol. The highest BCUT2D eigenvalue weighted by Crippen LogP contribution is 2.13. The van der Waals surface area contributed by atoms with Crippen molar-refractivity contribution in [1.29, 1.82) is 0 Å². The minimum absolute atomic E-state index is 0.00935. The molecular formula is C20H23N5O5S. The molecule has 2 aromatic rings. The normalized spacial score (nSPS) is 17.8. The summed E-state index contributed by atoms with van der Waals surface area (Å²) in [5.74, 6) is -2.51. The first-order valence-electron chi connectivity index (χ1n) is 9.68. The van der Waals surface area contributed by atoms with Crippen LogP contribution < -0.4 is 15.4 Å². The first-order chi connectivity index (χ1) is 14.7. The van der Waals surface area contributed by atoms with Crippen LogP contribution in [0.2, 0.25) is 0 Å². The van der Waals surface area contributed by atoms with Crippen molar-refractivity contribution in [3.05, 3.63) is 54.1 Å². The Morgan fingerprint density at radius 1 is 1.16 bits per heavy atom. The van der Waals surface area contributed by atoms with Gasteiger partial charge in [0.15, 0.2) is 0 Å². The van der Waals surface area contributed by atoms with Gasteiger partial charge in [-0.3, -0.25) is 14.4 Å². The zero-order valence-corrected chi connectivity index (χ0v) is 17.8. The van der Waals surface area contributed by atoms with Gasteiger partial charge >= 0.3 is 0 Å². The van der Waals surface area contributed by atoms with Crippen molar-refractivity contribution < 1.29 is 22.8 Å². The van der Waals surface area contributed by atoms with E-state index in [2.05, 4.69) is 25.3 Å². The molecule has 2 bridgehead atoms. The smallest absolute Gasteiger partial charge is 0.289 e. The molecule has 1 aliphatic rings. The lowest BCUT2D eigenvalue weighted by molar-refractivity contribution is -0.140. The van der Waals surface area contributed by atoms with E-state index in [4.69, 9.17) is 0 Å². The van der Waals surface area contributed by atoms with E-state index in [1.807, 2.05) is 0 Å². The topological polar surface area (TPSA) is 147 Å². The van der Waals surface area contributed by atoms with Gasteiger partial charge in [-0.25, -0.2) is 18.4 Å². The third kappa shape index (κ3) is 5.50. The van der Waals surface area contributed by atoms with Crippen LogP contribution in [0, 0.1) is 5.92 Å². The summed E-state index contributed by atoms with van der Waals surface area (Å²) in [6.45, 7) is 3.34. The Morgan fingerprint density at radius 2 is 1.87 bits per heavy atom. The van der Waals surface area contributed by atoms with Gasteiger partial charge in [0.2, 0.25) is 21.7 Å². The molecule has 3 N–H and O–H groups in total. The van der Waals surface area contributed by atoms with E-state index in [-0.39, 0.29) is 17.9 Å². The maximum Gasteiger partial charge on any atom is 0.289 e. The maximum absolute atomic E-state index is 13.0. The van der Waals surface area contributed by atoms with Gasteiger partial charge in [-0.05, 0) is 24.1 Å². The summed E-state index contributed by atoms with van der Waals surface area (Å²) in [6, 6.07) is 6.88. The fourth-order valence-electron chi connectivity index (χ4n) is 3.05. The number of aromatic nitrogens is 2. The van der Waals surface area contributed by atoms with Gasteiger partial charge in [0, 0.05) is 18.3 Å². The number of nitrogens with one attached hydrogen (secondary N) is 3. The van der Waals surface area contributed by atoms with Gasteiger partial charge < -0.3 is 10.6 Å². The summed E-state index contributed by atoms with van der Waals surface area (Å²) in [4.78, 5) is 46.0. The SMILES string of the molecule is CC(C)C(NS(=O)(=O)c1ccccc1)C(=O)NC1Cc2ccnc(n2)CNC(=O)C1=O. The fraction of sp³-hybridized carbons (Fsp3) is 0.350. The largest absolute Gasteiger partial charge is 0.344 e. The highest BCUT2D eigenvalue weighted by atomic mass is 32.2. The van der Waals surface area contributed by atoms with Gasteiger partial charge in [0.25, 0.3) is 5.91 Å². The number of fused-ring (bicyclic) bond motifs is 2. The molecule has 11 heteroatoms. The molecular weight excluding hydrogens is 422 g/mol. The van der Waals surface area contributed by atoms with Gasteiger partial charge in [-0.2, -0.15) is 4.72 Å². The van der Waals surface area contributed by atoms with Crippen molar-refractivity contribution in [1.82, 2.24) is 25.3 Å². The van der Waals surface area contributed by atoms with Crippen molar-refractivity contribution in [2.45, 2.75) is 43.8 Å².